The van der Waals surface area contributed by atoms with Gasteiger partial charge in [-0.3, -0.25) is 14.5 Å². The molecule has 1 aliphatic rings. The third-order valence-corrected chi connectivity index (χ3v) is 1.64. The van der Waals surface area contributed by atoms with Crippen LogP contribution in [-0.2, 0) is 9.59 Å². The molecule has 0 saturated heterocycles. The Labute approximate surface area is 65.7 Å². The molecule has 0 aromatic heterocycles. The van der Waals surface area contributed by atoms with Crippen LogP contribution in [0.4, 0.5) is 0 Å². The van der Waals surface area contributed by atoms with Crippen LogP contribution in [0.2, 0.25) is 0 Å². The van der Waals surface area contributed by atoms with Crippen molar-refractivity contribution in [3.8, 4) is 0 Å². The molecule has 0 fully saturated rings. The third-order valence-electron chi connectivity index (χ3n) is 1.64. The van der Waals surface area contributed by atoms with Crippen molar-refractivity contribution in [1.82, 2.24) is 4.90 Å². The zero-order valence-electron chi connectivity index (χ0n) is 6.76. The summed E-state index contributed by atoms with van der Waals surface area (Å²) in [5, 5.41) is 0. The summed E-state index contributed by atoms with van der Waals surface area (Å²) in [6.45, 7) is 4.13. The number of imide groups is 1. The number of hydrogen-bond donors (Lipinski definition) is 0. The molecule has 0 bridgehead atoms. The Bertz CT molecular complexity index is 230. The zero-order valence-corrected chi connectivity index (χ0v) is 6.76. The van der Waals surface area contributed by atoms with Crippen molar-refractivity contribution in [3.63, 3.8) is 0 Å². The monoisotopic (exact) mass is 153 g/mol. The minimum Gasteiger partial charge on any atom is -0.275 e. The highest BCUT2D eigenvalue weighted by atomic mass is 16.2. The molecule has 1 heterocycles. The largest absolute Gasteiger partial charge is 0.275 e. The van der Waals surface area contributed by atoms with Crippen LogP contribution in [0.15, 0.2) is 11.6 Å². The molecule has 0 radical (unpaired) electrons. The van der Waals surface area contributed by atoms with Gasteiger partial charge in [0, 0.05) is 18.2 Å². The lowest BCUT2D eigenvalue weighted by molar-refractivity contribution is -0.137. The summed E-state index contributed by atoms with van der Waals surface area (Å²) in [4.78, 5) is 23.4. The highest BCUT2D eigenvalue weighted by molar-refractivity contribution is 6.15. The molecule has 0 aromatic rings. The van der Waals surface area contributed by atoms with Crippen LogP contribution in [0, 0.1) is 0 Å². The van der Waals surface area contributed by atoms with E-state index in [4.69, 9.17) is 0 Å². The number of carbonyl (C=O) groups is 2. The van der Waals surface area contributed by atoms with Gasteiger partial charge in [0.1, 0.15) is 0 Å². The van der Waals surface area contributed by atoms with E-state index in [2.05, 4.69) is 0 Å². The highest BCUT2D eigenvalue weighted by Gasteiger charge is 2.26. The fourth-order valence-electron chi connectivity index (χ4n) is 1.07. The molecule has 0 aromatic carbocycles. The summed E-state index contributed by atoms with van der Waals surface area (Å²) in [5.74, 6) is -0.314. The number of carbonyl (C=O) groups excluding carboxylic acids is 2. The van der Waals surface area contributed by atoms with E-state index < -0.39 is 0 Å². The maximum atomic E-state index is 11.1. The van der Waals surface area contributed by atoms with Crippen LogP contribution in [0.5, 0.6) is 0 Å². The fraction of sp³-hybridized carbons (Fsp3) is 0.500. The summed E-state index contributed by atoms with van der Waals surface area (Å²) < 4.78 is 0. The summed E-state index contributed by atoms with van der Waals surface area (Å²) in [7, 11) is 0. The Morgan fingerprint density at radius 3 is 2.45 bits per heavy atom. The molecular formula is C8H11NO2. The molecule has 0 saturated carbocycles. The average Bonchev–Trinajstić information content (AvgIpc) is 2.17. The average molecular weight is 153 g/mol. The second-order valence-corrected chi connectivity index (χ2v) is 2.62. The molecule has 0 atom stereocenters. The molecule has 1 rings (SSSR count). The minimum atomic E-state index is -0.172. The van der Waals surface area contributed by atoms with Crippen LogP contribution < -0.4 is 0 Å². The Morgan fingerprint density at radius 2 is 2.09 bits per heavy atom. The van der Waals surface area contributed by atoms with Crippen molar-refractivity contribution in [2.75, 3.05) is 6.54 Å². The van der Waals surface area contributed by atoms with Gasteiger partial charge in [-0.25, -0.2) is 0 Å². The lowest BCUT2D eigenvalue weighted by Gasteiger charge is -2.11. The van der Waals surface area contributed by atoms with E-state index in [0.29, 0.717) is 12.1 Å². The van der Waals surface area contributed by atoms with Crippen molar-refractivity contribution in [1.29, 1.82) is 0 Å². The Balaban J connectivity index is 2.73. The Morgan fingerprint density at radius 1 is 1.45 bits per heavy atom. The second-order valence-electron chi connectivity index (χ2n) is 2.62. The number of rotatable bonds is 2. The molecule has 11 heavy (non-hydrogen) atoms. The van der Waals surface area contributed by atoms with Gasteiger partial charge < -0.3 is 0 Å². The van der Waals surface area contributed by atoms with E-state index in [0.717, 1.165) is 6.42 Å². The number of amides is 2. The van der Waals surface area contributed by atoms with Crippen molar-refractivity contribution in [3.05, 3.63) is 11.6 Å². The van der Waals surface area contributed by atoms with Gasteiger partial charge in [-0.05, 0) is 13.3 Å². The molecule has 0 spiro atoms. The van der Waals surface area contributed by atoms with Crippen molar-refractivity contribution in [2.45, 2.75) is 20.3 Å². The molecule has 3 nitrogen and oxygen atoms in total. The van der Waals surface area contributed by atoms with Gasteiger partial charge in [0.15, 0.2) is 0 Å². The van der Waals surface area contributed by atoms with E-state index in [1.54, 1.807) is 6.92 Å². The summed E-state index contributed by atoms with van der Waals surface area (Å²) >= 11 is 0. The molecule has 0 N–H and O–H groups in total. The lowest BCUT2D eigenvalue weighted by Crippen LogP contribution is -2.31. The van der Waals surface area contributed by atoms with Gasteiger partial charge in [0.25, 0.3) is 11.8 Å². The predicted molar refractivity (Wildman–Crippen MR) is 40.8 cm³/mol. The van der Waals surface area contributed by atoms with Gasteiger partial charge in [0.05, 0.1) is 0 Å². The smallest absolute Gasteiger partial charge is 0.256 e. The first kappa shape index (κ1) is 7.98. The van der Waals surface area contributed by atoms with Crippen LogP contribution in [0.3, 0.4) is 0 Å². The molecule has 3 heteroatoms. The maximum Gasteiger partial charge on any atom is 0.256 e. The van der Waals surface area contributed by atoms with E-state index in [9.17, 15) is 9.59 Å². The first-order valence-electron chi connectivity index (χ1n) is 3.71. The lowest BCUT2D eigenvalue weighted by atomic mass is 10.3. The zero-order chi connectivity index (χ0) is 8.43. The summed E-state index contributed by atoms with van der Waals surface area (Å²) in [6.07, 6.45) is 2.20. The quantitative estimate of drug-likeness (QED) is 0.548. The third kappa shape index (κ3) is 1.31. The van der Waals surface area contributed by atoms with Crippen LogP contribution in [-0.4, -0.2) is 23.3 Å². The first-order chi connectivity index (χ1) is 5.16. The van der Waals surface area contributed by atoms with Gasteiger partial charge in [-0.2, -0.15) is 0 Å². The van der Waals surface area contributed by atoms with Gasteiger partial charge >= 0.3 is 0 Å². The normalized spacial score (nSPS) is 17.6. The van der Waals surface area contributed by atoms with E-state index >= 15 is 0 Å². The Hall–Kier alpha value is -1.12. The summed E-state index contributed by atoms with van der Waals surface area (Å²) in [6, 6.07) is 0. The molecule has 60 valence electrons. The molecule has 0 unspecified atom stereocenters. The molecule has 2 amide bonds. The van der Waals surface area contributed by atoms with Gasteiger partial charge in [0.2, 0.25) is 0 Å². The van der Waals surface area contributed by atoms with Crippen molar-refractivity contribution in [2.24, 2.45) is 0 Å². The van der Waals surface area contributed by atoms with Crippen molar-refractivity contribution >= 4 is 11.8 Å². The fourth-order valence-corrected chi connectivity index (χ4v) is 1.07. The van der Waals surface area contributed by atoms with Crippen molar-refractivity contribution < 1.29 is 9.59 Å². The van der Waals surface area contributed by atoms with E-state index in [1.165, 1.54) is 11.0 Å². The molecule has 0 aliphatic carbocycles. The second kappa shape index (κ2) is 2.86. The SMILES string of the molecule is CCCN1C(=O)C=C(C)C1=O. The number of nitrogens with zero attached hydrogens (tertiary/aromatic N) is 1. The molecule has 1 aliphatic heterocycles. The van der Waals surface area contributed by atoms with Crippen LogP contribution in [0.25, 0.3) is 0 Å². The first-order valence-corrected chi connectivity index (χ1v) is 3.71. The van der Waals surface area contributed by atoms with Crippen LogP contribution in [0.1, 0.15) is 20.3 Å². The van der Waals surface area contributed by atoms with Gasteiger partial charge in [-0.15, -0.1) is 0 Å². The van der Waals surface area contributed by atoms with Crippen LogP contribution >= 0.6 is 0 Å². The minimum absolute atomic E-state index is 0.142. The summed E-state index contributed by atoms with van der Waals surface area (Å²) in [5.41, 5.74) is 0.545. The highest BCUT2D eigenvalue weighted by Crippen LogP contribution is 2.11. The maximum absolute atomic E-state index is 11.1. The van der Waals surface area contributed by atoms with E-state index in [1.807, 2.05) is 6.92 Å². The van der Waals surface area contributed by atoms with Gasteiger partial charge in [-0.1, -0.05) is 6.92 Å². The molecular weight excluding hydrogens is 142 g/mol. The number of hydrogen-bond acceptors (Lipinski definition) is 2. The topological polar surface area (TPSA) is 37.4 Å². The Kier molecular flexibility index (Phi) is 2.08. The van der Waals surface area contributed by atoms with E-state index in [-0.39, 0.29) is 11.8 Å². The standard InChI is InChI=1S/C8H11NO2/c1-3-4-9-7(10)5-6(2)8(9)11/h5H,3-4H2,1-2H3. The predicted octanol–water partition coefficient (Wildman–Crippen LogP) is 0.712.